The number of hydrogen-bond donors (Lipinski definition) is 1. The highest BCUT2D eigenvalue weighted by molar-refractivity contribution is 6.35. The molecule has 4 aromatic rings. The standard InChI is InChI=1S/C26H20Cl2FNO2/c27-20-14-19(26(24(28)15-20)31-17-18-6-4-5-9-25(18)29)16-30-21-10-12-23(13-11-21)32-22-7-2-1-3-8-22/h1-15,30H,16-17H2. The van der Waals surface area contributed by atoms with Gasteiger partial charge in [0.2, 0.25) is 0 Å². The van der Waals surface area contributed by atoms with Crippen molar-refractivity contribution in [3.05, 3.63) is 118 Å². The fourth-order valence-corrected chi connectivity index (χ4v) is 3.72. The molecule has 0 saturated carbocycles. The fraction of sp³-hybridized carbons (Fsp3) is 0.0769. The quantitative estimate of drug-likeness (QED) is 0.283. The van der Waals surface area contributed by atoms with E-state index in [1.807, 2.05) is 54.6 Å². The van der Waals surface area contributed by atoms with Crippen molar-refractivity contribution in [2.24, 2.45) is 0 Å². The highest BCUT2D eigenvalue weighted by Gasteiger charge is 2.12. The van der Waals surface area contributed by atoms with Gasteiger partial charge in [0.25, 0.3) is 0 Å². The molecule has 0 saturated heterocycles. The molecule has 0 aliphatic heterocycles. The van der Waals surface area contributed by atoms with E-state index in [2.05, 4.69) is 5.32 Å². The Bertz CT molecular complexity index is 1180. The maximum absolute atomic E-state index is 13.9. The lowest BCUT2D eigenvalue weighted by molar-refractivity contribution is 0.297. The lowest BCUT2D eigenvalue weighted by Gasteiger charge is -2.16. The number of ether oxygens (including phenoxy) is 2. The largest absolute Gasteiger partial charge is 0.487 e. The maximum Gasteiger partial charge on any atom is 0.143 e. The summed E-state index contributed by atoms with van der Waals surface area (Å²) in [6.45, 7) is 0.484. The second-order valence-corrected chi connectivity index (χ2v) is 7.89. The summed E-state index contributed by atoms with van der Waals surface area (Å²) in [5.74, 6) is 1.66. The van der Waals surface area contributed by atoms with Crippen molar-refractivity contribution in [3.8, 4) is 17.2 Å². The van der Waals surface area contributed by atoms with Crippen molar-refractivity contribution in [1.82, 2.24) is 0 Å². The van der Waals surface area contributed by atoms with Gasteiger partial charge in [0, 0.05) is 28.4 Å². The molecule has 4 aromatic carbocycles. The van der Waals surface area contributed by atoms with Crippen LogP contribution in [-0.2, 0) is 13.2 Å². The van der Waals surface area contributed by atoms with Crippen LogP contribution >= 0.6 is 23.2 Å². The average Bonchev–Trinajstić information content (AvgIpc) is 2.79. The molecule has 0 fully saturated rings. The molecule has 0 atom stereocenters. The van der Waals surface area contributed by atoms with Crippen molar-refractivity contribution in [2.75, 3.05) is 5.32 Å². The van der Waals surface area contributed by atoms with Crippen LogP contribution < -0.4 is 14.8 Å². The molecule has 0 heterocycles. The van der Waals surface area contributed by atoms with Crippen LogP contribution in [-0.4, -0.2) is 0 Å². The SMILES string of the molecule is Fc1ccccc1COc1c(Cl)cc(Cl)cc1CNc1ccc(Oc2ccccc2)cc1. The molecule has 0 amide bonds. The molecule has 6 heteroatoms. The van der Waals surface area contributed by atoms with Gasteiger partial charge in [0.15, 0.2) is 0 Å². The van der Waals surface area contributed by atoms with Gasteiger partial charge in [-0.05, 0) is 54.6 Å². The van der Waals surface area contributed by atoms with Gasteiger partial charge in [0.1, 0.15) is 29.7 Å². The molecule has 4 rings (SSSR count). The summed E-state index contributed by atoms with van der Waals surface area (Å²) in [5, 5.41) is 4.20. The number of hydrogen-bond acceptors (Lipinski definition) is 3. The zero-order chi connectivity index (χ0) is 22.3. The molecular weight excluding hydrogens is 448 g/mol. The van der Waals surface area contributed by atoms with E-state index in [4.69, 9.17) is 32.7 Å². The lowest BCUT2D eigenvalue weighted by Crippen LogP contribution is -2.05. The zero-order valence-corrected chi connectivity index (χ0v) is 18.5. The summed E-state index contributed by atoms with van der Waals surface area (Å²) in [5.41, 5.74) is 2.11. The number of rotatable bonds is 8. The number of anilines is 1. The number of para-hydroxylation sites is 1. The van der Waals surface area contributed by atoms with Crippen LogP contribution in [0.1, 0.15) is 11.1 Å². The minimum atomic E-state index is -0.324. The summed E-state index contributed by atoms with van der Waals surface area (Å²) in [6.07, 6.45) is 0. The predicted octanol–water partition coefficient (Wildman–Crippen LogP) is 8.12. The smallest absolute Gasteiger partial charge is 0.143 e. The Morgan fingerprint density at radius 2 is 1.44 bits per heavy atom. The third kappa shape index (κ3) is 5.72. The topological polar surface area (TPSA) is 30.5 Å². The molecule has 0 aliphatic carbocycles. The Hall–Kier alpha value is -3.21. The lowest BCUT2D eigenvalue weighted by atomic mass is 10.1. The molecule has 0 spiro atoms. The Morgan fingerprint density at radius 1 is 0.750 bits per heavy atom. The molecule has 0 aliphatic rings. The van der Waals surface area contributed by atoms with Crippen LogP contribution in [0.25, 0.3) is 0 Å². The zero-order valence-electron chi connectivity index (χ0n) is 17.0. The molecule has 0 unspecified atom stereocenters. The van der Waals surface area contributed by atoms with Crippen molar-refractivity contribution in [2.45, 2.75) is 13.2 Å². The third-order valence-electron chi connectivity index (χ3n) is 4.73. The number of halogens is 3. The van der Waals surface area contributed by atoms with Crippen molar-refractivity contribution < 1.29 is 13.9 Å². The minimum absolute atomic E-state index is 0.0621. The molecule has 32 heavy (non-hydrogen) atoms. The van der Waals surface area contributed by atoms with Crippen LogP contribution in [0.5, 0.6) is 17.2 Å². The molecule has 1 N–H and O–H groups in total. The number of benzene rings is 4. The Labute approximate surface area is 196 Å². The Morgan fingerprint density at radius 3 is 2.19 bits per heavy atom. The van der Waals surface area contributed by atoms with Gasteiger partial charge in [-0.15, -0.1) is 0 Å². The summed E-state index contributed by atoms with van der Waals surface area (Å²) in [6, 6.07) is 27.1. The average molecular weight is 468 g/mol. The Balaban J connectivity index is 1.44. The van der Waals surface area contributed by atoms with Crippen LogP contribution in [0.3, 0.4) is 0 Å². The molecule has 3 nitrogen and oxygen atoms in total. The van der Waals surface area contributed by atoms with E-state index in [1.54, 1.807) is 30.3 Å². The predicted molar refractivity (Wildman–Crippen MR) is 127 cm³/mol. The van der Waals surface area contributed by atoms with Gasteiger partial charge in [-0.3, -0.25) is 0 Å². The van der Waals surface area contributed by atoms with Crippen LogP contribution in [0, 0.1) is 5.82 Å². The fourth-order valence-electron chi connectivity index (χ4n) is 3.13. The first-order chi connectivity index (χ1) is 15.6. The third-order valence-corrected chi connectivity index (χ3v) is 5.23. The van der Waals surface area contributed by atoms with E-state index in [-0.39, 0.29) is 12.4 Å². The van der Waals surface area contributed by atoms with Crippen LogP contribution in [0.15, 0.2) is 91.0 Å². The molecule has 0 radical (unpaired) electrons. The summed E-state index contributed by atoms with van der Waals surface area (Å²) in [7, 11) is 0. The first-order valence-electron chi connectivity index (χ1n) is 9.99. The second-order valence-electron chi connectivity index (χ2n) is 7.05. The first-order valence-corrected chi connectivity index (χ1v) is 10.7. The van der Waals surface area contributed by atoms with Gasteiger partial charge >= 0.3 is 0 Å². The van der Waals surface area contributed by atoms with Crippen molar-refractivity contribution in [1.29, 1.82) is 0 Å². The van der Waals surface area contributed by atoms with Gasteiger partial charge in [0.05, 0.1) is 5.02 Å². The number of nitrogens with one attached hydrogen (secondary N) is 1. The molecular formula is C26H20Cl2FNO2. The maximum atomic E-state index is 13.9. The molecule has 0 bridgehead atoms. The van der Waals surface area contributed by atoms with Gasteiger partial charge < -0.3 is 14.8 Å². The van der Waals surface area contributed by atoms with E-state index in [0.29, 0.717) is 27.9 Å². The summed E-state index contributed by atoms with van der Waals surface area (Å²) < 4.78 is 25.6. The van der Waals surface area contributed by atoms with E-state index in [9.17, 15) is 4.39 Å². The highest BCUT2D eigenvalue weighted by Crippen LogP contribution is 2.34. The Kier molecular flexibility index (Phi) is 7.15. The highest BCUT2D eigenvalue weighted by atomic mass is 35.5. The summed E-state index contributed by atoms with van der Waals surface area (Å²) >= 11 is 12.6. The van der Waals surface area contributed by atoms with Crippen molar-refractivity contribution >= 4 is 28.9 Å². The summed E-state index contributed by atoms with van der Waals surface area (Å²) in [4.78, 5) is 0. The van der Waals surface area contributed by atoms with Crippen LogP contribution in [0.2, 0.25) is 10.0 Å². The van der Waals surface area contributed by atoms with E-state index < -0.39 is 0 Å². The van der Waals surface area contributed by atoms with Crippen LogP contribution in [0.4, 0.5) is 10.1 Å². The normalized spacial score (nSPS) is 10.6. The minimum Gasteiger partial charge on any atom is -0.487 e. The monoisotopic (exact) mass is 467 g/mol. The first kappa shape index (κ1) is 22.0. The van der Waals surface area contributed by atoms with Gasteiger partial charge in [-0.25, -0.2) is 4.39 Å². The molecule has 162 valence electrons. The molecule has 0 aromatic heterocycles. The van der Waals surface area contributed by atoms with Crippen molar-refractivity contribution in [3.63, 3.8) is 0 Å². The van der Waals surface area contributed by atoms with E-state index in [1.165, 1.54) is 6.07 Å². The van der Waals surface area contributed by atoms with E-state index >= 15 is 0 Å². The van der Waals surface area contributed by atoms with Gasteiger partial charge in [-0.2, -0.15) is 0 Å². The van der Waals surface area contributed by atoms with E-state index in [0.717, 1.165) is 22.7 Å². The van der Waals surface area contributed by atoms with Gasteiger partial charge in [-0.1, -0.05) is 59.6 Å². The second kappa shape index (κ2) is 10.4.